The lowest BCUT2D eigenvalue weighted by Crippen LogP contribution is -2.36. The number of hydrogen-bond acceptors (Lipinski definition) is 5. The van der Waals surface area contributed by atoms with E-state index in [4.69, 9.17) is 22.1 Å². The van der Waals surface area contributed by atoms with Crippen molar-refractivity contribution in [1.82, 2.24) is 14.7 Å². The first-order chi connectivity index (χ1) is 17.1. The summed E-state index contributed by atoms with van der Waals surface area (Å²) in [5.41, 5.74) is 3.65. The van der Waals surface area contributed by atoms with Gasteiger partial charge in [0, 0.05) is 23.4 Å². The molecule has 2 fully saturated rings. The first-order valence-electron chi connectivity index (χ1n) is 12.3. The minimum atomic E-state index is 0.0185. The number of thiocarbonyl (C=S) groups is 1. The van der Waals surface area contributed by atoms with Gasteiger partial charge in [-0.25, -0.2) is 4.68 Å². The molecule has 7 heteroatoms. The summed E-state index contributed by atoms with van der Waals surface area (Å²) >= 11 is 7.00. The number of carbonyl (C=O) groups excluding carboxylic acids is 1. The zero-order chi connectivity index (χ0) is 24.2. The minimum absolute atomic E-state index is 0.0185. The van der Waals surface area contributed by atoms with Crippen molar-refractivity contribution in [2.45, 2.75) is 51.5 Å². The van der Waals surface area contributed by atoms with Crippen molar-refractivity contribution in [2.24, 2.45) is 0 Å². The lowest BCUT2D eigenvalue weighted by molar-refractivity contribution is -0.123. The number of carbonyl (C=O) groups is 1. The van der Waals surface area contributed by atoms with E-state index in [1.165, 1.54) is 11.8 Å². The third-order valence-electron chi connectivity index (χ3n) is 6.46. The fourth-order valence-corrected chi connectivity index (χ4v) is 5.96. The van der Waals surface area contributed by atoms with E-state index >= 15 is 0 Å². The van der Waals surface area contributed by atoms with Crippen molar-refractivity contribution >= 4 is 40.3 Å². The summed E-state index contributed by atoms with van der Waals surface area (Å²) in [5, 5.41) is 4.90. The molecule has 0 unspecified atom stereocenters. The van der Waals surface area contributed by atoms with Gasteiger partial charge in [-0.2, -0.15) is 5.10 Å². The summed E-state index contributed by atoms with van der Waals surface area (Å²) in [6.45, 7) is 2.87. The fraction of sp³-hybridized carbons (Fsp3) is 0.321. The summed E-state index contributed by atoms with van der Waals surface area (Å²) in [7, 11) is 0. The molecule has 1 aliphatic heterocycles. The highest BCUT2D eigenvalue weighted by atomic mass is 32.2. The second-order valence-electron chi connectivity index (χ2n) is 8.93. The second-order valence-corrected chi connectivity index (χ2v) is 10.6. The van der Waals surface area contributed by atoms with E-state index in [0.29, 0.717) is 15.8 Å². The van der Waals surface area contributed by atoms with Crippen LogP contribution in [-0.2, 0) is 4.79 Å². The number of aromatic nitrogens is 2. The molecule has 0 spiro atoms. The molecule has 3 aromatic rings. The van der Waals surface area contributed by atoms with E-state index in [2.05, 4.69) is 6.92 Å². The Balaban J connectivity index is 1.48. The lowest BCUT2D eigenvalue weighted by atomic mass is 10.1. The maximum Gasteiger partial charge on any atom is 0.266 e. The van der Waals surface area contributed by atoms with Crippen LogP contribution in [0.2, 0.25) is 0 Å². The van der Waals surface area contributed by atoms with Gasteiger partial charge >= 0.3 is 0 Å². The zero-order valence-electron chi connectivity index (χ0n) is 19.9. The van der Waals surface area contributed by atoms with Crippen LogP contribution in [-0.4, -0.2) is 37.6 Å². The average Bonchev–Trinajstić information content (AvgIpc) is 3.61. The van der Waals surface area contributed by atoms with Crippen molar-refractivity contribution in [3.8, 4) is 22.7 Å². The molecular weight excluding hydrogens is 474 g/mol. The van der Waals surface area contributed by atoms with Crippen molar-refractivity contribution in [1.29, 1.82) is 0 Å². The third kappa shape index (κ3) is 5.21. The number of amides is 1. The van der Waals surface area contributed by atoms with E-state index in [1.807, 2.05) is 76.5 Å². The van der Waals surface area contributed by atoms with Gasteiger partial charge < -0.3 is 4.74 Å². The van der Waals surface area contributed by atoms with Gasteiger partial charge in [0.15, 0.2) is 0 Å². The quantitative estimate of drug-likeness (QED) is 0.191. The summed E-state index contributed by atoms with van der Waals surface area (Å²) in [6, 6.07) is 18.3. The Kier molecular flexibility index (Phi) is 7.35. The van der Waals surface area contributed by atoms with Crippen molar-refractivity contribution in [2.75, 3.05) is 6.61 Å². The van der Waals surface area contributed by atoms with Crippen molar-refractivity contribution in [3.05, 3.63) is 71.3 Å². The minimum Gasteiger partial charge on any atom is -0.494 e. The van der Waals surface area contributed by atoms with Gasteiger partial charge in [0.1, 0.15) is 10.1 Å². The van der Waals surface area contributed by atoms with Crippen molar-refractivity contribution < 1.29 is 9.53 Å². The van der Waals surface area contributed by atoms with Crippen LogP contribution < -0.4 is 4.74 Å². The molecule has 0 radical (unpaired) electrons. The smallest absolute Gasteiger partial charge is 0.266 e. The highest BCUT2D eigenvalue weighted by Gasteiger charge is 2.38. The third-order valence-corrected chi connectivity index (χ3v) is 7.79. The Morgan fingerprint density at radius 2 is 1.86 bits per heavy atom. The predicted octanol–water partition coefficient (Wildman–Crippen LogP) is 6.86. The molecule has 35 heavy (non-hydrogen) atoms. The molecule has 2 heterocycles. The Labute approximate surface area is 216 Å². The molecule has 1 saturated heterocycles. The molecule has 180 valence electrons. The molecule has 1 saturated carbocycles. The molecule has 0 bridgehead atoms. The maximum absolute atomic E-state index is 13.3. The van der Waals surface area contributed by atoms with Gasteiger partial charge in [-0.15, -0.1) is 0 Å². The van der Waals surface area contributed by atoms with Crippen LogP contribution in [0.1, 0.15) is 51.0 Å². The number of ether oxygens (including phenoxy) is 1. The van der Waals surface area contributed by atoms with Crippen molar-refractivity contribution in [3.63, 3.8) is 0 Å². The largest absolute Gasteiger partial charge is 0.494 e. The molecule has 2 aromatic carbocycles. The Hall–Kier alpha value is -2.90. The summed E-state index contributed by atoms with van der Waals surface area (Å²) < 4.78 is 8.36. The van der Waals surface area contributed by atoms with E-state index < -0.39 is 0 Å². The SMILES string of the molecule is CCCCOc1ccc(-c2nn(-c3ccccc3)cc2C=C2SC(=S)N(C3CCCC3)C2=O)cc1. The molecular formula is C28H29N3O2S2. The van der Waals surface area contributed by atoms with Gasteiger partial charge in [0.2, 0.25) is 0 Å². The number of rotatable bonds is 8. The first-order valence-corrected chi connectivity index (χ1v) is 13.5. The monoisotopic (exact) mass is 503 g/mol. The number of hydrogen-bond donors (Lipinski definition) is 0. The van der Waals surface area contributed by atoms with Crippen LogP contribution in [0.3, 0.4) is 0 Å². The van der Waals surface area contributed by atoms with E-state index in [0.717, 1.165) is 66.8 Å². The summed E-state index contributed by atoms with van der Waals surface area (Å²) in [6.07, 6.45) is 10.4. The van der Waals surface area contributed by atoms with Gasteiger partial charge in [0.25, 0.3) is 5.91 Å². The number of unbranched alkanes of at least 4 members (excludes halogenated alkanes) is 1. The Morgan fingerprint density at radius 3 is 2.57 bits per heavy atom. The molecule has 5 rings (SSSR count). The van der Waals surface area contributed by atoms with E-state index in [9.17, 15) is 4.79 Å². The van der Waals surface area contributed by atoms with Gasteiger partial charge in [-0.1, -0.05) is 68.4 Å². The van der Waals surface area contributed by atoms with Gasteiger partial charge in [-0.3, -0.25) is 9.69 Å². The summed E-state index contributed by atoms with van der Waals surface area (Å²) in [5.74, 6) is 0.869. The standard InChI is InChI=1S/C28H29N3O2S2/c1-2-3-17-33-24-15-13-20(14-16-24)26-21(19-30(29-26)22-9-5-4-6-10-22)18-25-27(32)31(28(34)35-25)23-11-7-8-12-23/h4-6,9-10,13-16,18-19,23H,2-3,7-8,11-12,17H2,1H3. The number of benzene rings is 2. The highest BCUT2D eigenvalue weighted by molar-refractivity contribution is 8.26. The summed E-state index contributed by atoms with van der Waals surface area (Å²) in [4.78, 5) is 15.8. The van der Waals surface area contributed by atoms with Crippen LogP contribution >= 0.6 is 24.0 Å². The molecule has 0 atom stereocenters. The predicted molar refractivity (Wildman–Crippen MR) is 147 cm³/mol. The first kappa shape index (κ1) is 23.8. The molecule has 2 aliphatic rings. The fourth-order valence-electron chi connectivity index (χ4n) is 4.57. The topological polar surface area (TPSA) is 47.4 Å². The highest BCUT2D eigenvalue weighted by Crippen LogP contribution is 2.39. The van der Waals surface area contributed by atoms with Crippen LogP contribution in [0.25, 0.3) is 23.0 Å². The van der Waals surface area contributed by atoms with E-state index in [1.54, 1.807) is 0 Å². The van der Waals surface area contributed by atoms with Crippen LogP contribution in [0, 0.1) is 0 Å². The maximum atomic E-state index is 13.3. The molecule has 5 nitrogen and oxygen atoms in total. The molecule has 0 N–H and O–H groups in total. The van der Waals surface area contributed by atoms with Crippen LogP contribution in [0.15, 0.2) is 65.7 Å². The number of para-hydroxylation sites is 1. The Bertz CT molecular complexity index is 1230. The molecule has 1 amide bonds. The van der Waals surface area contributed by atoms with E-state index in [-0.39, 0.29) is 11.9 Å². The number of thioether (sulfide) groups is 1. The average molecular weight is 504 g/mol. The zero-order valence-corrected chi connectivity index (χ0v) is 21.5. The molecule has 1 aliphatic carbocycles. The lowest BCUT2D eigenvalue weighted by Gasteiger charge is -2.21. The van der Waals surface area contributed by atoms with Crippen LogP contribution in [0.5, 0.6) is 5.75 Å². The second kappa shape index (κ2) is 10.8. The normalized spacial score (nSPS) is 17.6. The van der Waals surface area contributed by atoms with Gasteiger partial charge in [-0.05, 0) is 61.7 Å². The molecule has 1 aromatic heterocycles. The van der Waals surface area contributed by atoms with Gasteiger partial charge in [0.05, 0.1) is 22.9 Å². The number of nitrogens with zero attached hydrogens (tertiary/aromatic N) is 3. The van der Waals surface area contributed by atoms with Crippen LogP contribution in [0.4, 0.5) is 0 Å². The Morgan fingerprint density at radius 1 is 1.11 bits per heavy atom.